The molecule has 0 spiro atoms. The molecule has 0 heterocycles. The zero-order valence-electron chi connectivity index (χ0n) is 13.2. The molecule has 6 nitrogen and oxygen atoms in total. The Hall–Kier alpha value is -2.87. The van der Waals surface area contributed by atoms with E-state index in [0.717, 1.165) is 0 Å². The predicted octanol–water partition coefficient (Wildman–Crippen LogP) is 4.42. The number of carbonyl (C=O) groups is 3. The molecular formula is C15H4F6O6S2. The van der Waals surface area contributed by atoms with Crippen LogP contribution in [0.25, 0.3) is 0 Å². The lowest BCUT2D eigenvalue weighted by atomic mass is 10.1. The molecule has 0 amide bonds. The van der Waals surface area contributed by atoms with E-state index in [1.807, 2.05) is 0 Å². The Bertz CT molecular complexity index is 1070. The molecule has 0 aromatic heterocycles. The zero-order chi connectivity index (χ0) is 22.2. The van der Waals surface area contributed by atoms with Crippen molar-refractivity contribution in [3.05, 3.63) is 57.7 Å². The number of aromatic carboxylic acids is 3. The molecule has 2 rings (SSSR count). The molecule has 0 atom stereocenters. The highest BCUT2D eigenvalue weighted by Crippen LogP contribution is 2.44. The molecule has 0 radical (unpaired) electrons. The Morgan fingerprint density at radius 1 is 0.621 bits per heavy atom. The van der Waals surface area contributed by atoms with Crippen molar-refractivity contribution >= 4 is 39.5 Å². The second-order valence-corrected chi connectivity index (χ2v) is 7.12. The van der Waals surface area contributed by atoms with Crippen LogP contribution in [0.1, 0.15) is 31.1 Å². The van der Waals surface area contributed by atoms with E-state index < -0.39 is 79.3 Å². The summed E-state index contributed by atoms with van der Waals surface area (Å²) < 4.78 is 83.7. The first-order valence-corrected chi connectivity index (χ1v) is 8.97. The van der Waals surface area contributed by atoms with Crippen molar-refractivity contribution in [2.45, 2.75) is 9.79 Å². The summed E-state index contributed by atoms with van der Waals surface area (Å²) in [6.45, 7) is 0. The SMILES string of the molecule is O=C(O)c1cc(F)c(F)c(SSc2c(F)c(F)c(C(=O)O)c(C(=O)O)c2F)c1F. The summed E-state index contributed by atoms with van der Waals surface area (Å²) in [5.74, 6) is -18.6. The number of hydrogen-bond donors (Lipinski definition) is 3. The maximum atomic E-state index is 14.3. The van der Waals surface area contributed by atoms with Gasteiger partial charge < -0.3 is 15.3 Å². The Kier molecular flexibility index (Phi) is 6.37. The monoisotopic (exact) mass is 458 g/mol. The van der Waals surface area contributed by atoms with Gasteiger partial charge in [0.05, 0.1) is 15.4 Å². The molecule has 154 valence electrons. The van der Waals surface area contributed by atoms with Crippen LogP contribution in [-0.4, -0.2) is 33.2 Å². The Labute approximate surface area is 163 Å². The Balaban J connectivity index is 2.62. The van der Waals surface area contributed by atoms with Crippen LogP contribution >= 0.6 is 21.6 Å². The van der Waals surface area contributed by atoms with E-state index in [1.54, 1.807) is 0 Å². The molecule has 0 aliphatic rings. The molecule has 2 aromatic carbocycles. The van der Waals surface area contributed by atoms with Crippen LogP contribution in [0.3, 0.4) is 0 Å². The Morgan fingerprint density at radius 2 is 1.07 bits per heavy atom. The maximum absolute atomic E-state index is 14.3. The van der Waals surface area contributed by atoms with Crippen LogP contribution in [0.4, 0.5) is 26.3 Å². The molecule has 0 fully saturated rings. The molecule has 14 heteroatoms. The molecule has 2 aromatic rings. The highest BCUT2D eigenvalue weighted by molar-refractivity contribution is 8.76. The van der Waals surface area contributed by atoms with E-state index in [2.05, 4.69) is 0 Å². The molecule has 0 bridgehead atoms. The van der Waals surface area contributed by atoms with E-state index in [-0.39, 0.29) is 27.7 Å². The Morgan fingerprint density at radius 3 is 1.52 bits per heavy atom. The first-order valence-electron chi connectivity index (χ1n) is 6.82. The van der Waals surface area contributed by atoms with Gasteiger partial charge in [-0.1, -0.05) is 0 Å². The second kappa shape index (κ2) is 8.24. The third-order valence-corrected chi connectivity index (χ3v) is 5.65. The average Bonchev–Trinajstić information content (AvgIpc) is 2.62. The number of hydrogen-bond acceptors (Lipinski definition) is 5. The summed E-state index contributed by atoms with van der Waals surface area (Å²) in [7, 11) is -0.598. The summed E-state index contributed by atoms with van der Waals surface area (Å²) in [6, 6.07) is 0.0206. The van der Waals surface area contributed by atoms with Crippen molar-refractivity contribution < 1.29 is 56.0 Å². The van der Waals surface area contributed by atoms with Gasteiger partial charge in [-0.15, -0.1) is 0 Å². The topological polar surface area (TPSA) is 112 Å². The smallest absolute Gasteiger partial charge is 0.339 e. The van der Waals surface area contributed by atoms with Gasteiger partial charge in [-0.3, -0.25) is 0 Å². The number of halogens is 6. The lowest BCUT2D eigenvalue weighted by molar-refractivity contribution is 0.0640. The molecule has 0 saturated carbocycles. The van der Waals surface area contributed by atoms with Gasteiger partial charge in [-0.05, 0) is 27.7 Å². The van der Waals surface area contributed by atoms with E-state index in [0.29, 0.717) is 0 Å². The number of carboxylic acids is 3. The largest absolute Gasteiger partial charge is 0.478 e. The minimum absolute atomic E-state index is 0.0206. The van der Waals surface area contributed by atoms with Crippen LogP contribution in [0.2, 0.25) is 0 Å². The predicted molar refractivity (Wildman–Crippen MR) is 85.2 cm³/mol. The fraction of sp³-hybridized carbons (Fsp3) is 0. The minimum Gasteiger partial charge on any atom is -0.478 e. The second-order valence-electron chi connectivity index (χ2n) is 4.97. The van der Waals surface area contributed by atoms with Gasteiger partial charge in [-0.2, -0.15) is 0 Å². The molecule has 0 aliphatic heterocycles. The van der Waals surface area contributed by atoms with Crippen LogP contribution in [0.5, 0.6) is 0 Å². The summed E-state index contributed by atoms with van der Waals surface area (Å²) >= 11 is 0. The van der Waals surface area contributed by atoms with Crippen LogP contribution < -0.4 is 0 Å². The van der Waals surface area contributed by atoms with Crippen molar-refractivity contribution in [1.29, 1.82) is 0 Å². The van der Waals surface area contributed by atoms with Crippen LogP contribution in [0.15, 0.2) is 15.9 Å². The van der Waals surface area contributed by atoms with Crippen molar-refractivity contribution in [1.82, 2.24) is 0 Å². The van der Waals surface area contributed by atoms with Gasteiger partial charge in [0.1, 0.15) is 11.1 Å². The summed E-state index contributed by atoms with van der Waals surface area (Å²) in [5.41, 5.74) is -4.89. The third-order valence-electron chi connectivity index (χ3n) is 3.26. The molecule has 0 aliphatic carbocycles. The van der Waals surface area contributed by atoms with Crippen molar-refractivity contribution in [3.63, 3.8) is 0 Å². The van der Waals surface area contributed by atoms with Crippen LogP contribution in [-0.2, 0) is 0 Å². The van der Waals surface area contributed by atoms with E-state index in [1.165, 1.54) is 0 Å². The quantitative estimate of drug-likeness (QED) is 0.332. The van der Waals surface area contributed by atoms with Gasteiger partial charge in [0.2, 0.25) is 0 Å². The number of benzene rings is 2. The molecule has 29 heavy (non-hydrogen) atoms. The maximum Gasteiger partial charge on any atom is 0.339 e. The van der Waals surface area contributed by atoms with Crippen molar-refractivity contribution in [2.75, 3.05) is 0 Å². The van der Waals surface area contributed by atoms with Gasteiger partial charge in [0.15, 0.2) is 34.9 Å². The zero-order valence-corrected chi connectivity index (χ0v) is 14.9. The van der Waals surface area contributed by atoms with Gasteiger partial charge in [0.25, 0.3) is 0 Å². The molecule has 0 saturated heterocycles. The summed E-state index contributed by atoms with van der Waals surface area (Å²) in [6.07, 6.45) is 0. The fourth-order valence-corrected chi connectivity index (χ4v) is 4.24. The van der Waals surface area contributed by atoms with E-state index >= 15 is 0 Å². The molecule has 0 unspecified atom stereocenters. The summed E-state index contributed by atoms with van der Waals surface area (Å²) in [4.78, 5) is 30.0. The van der Waals surface area contributed by atoms with Crippen LogP contribution in [0, 0.1) is 34.9 Å². The summed E-state index contributed by atoms with van der Waals surface area (Å²) in [5, 5.41) is 26.4. The minimum atomic E-state index is -2.30. The lowest BCUT2D eigenvalue weighted by Gasteiger charge is -2.12. The first kappa shape index (κ1) is 22.4. The molecule has 3 N–H and O–H groups in total. The van der Waals surface area contributed by atoms with E-state index in [4.69, 9.17) is 15.3 Å². The first-order chi connectivity index (χ1) is 13.4. The lowest BCUT2D eigenvalue weighted by Crippen LogP contribution is -2.16. The van der Waals surface area contributed by atoms with Gasteiger partial charge >= 0.3 is 17.9 Å². The fourth-order valence-electron chi connectivity index (χ4n) is 2.01. The normalized spacial score (nSPS) is 10.8. The average molecular weight is 458 g/mol. The van der Waals surface area contributed by atoms with Crippen molar-refractivity contribution in [3.8, 4) is 0 Å². The van der Waals surface area contributed by atoms with Crippen molar-refractivity contribution in [2.24, 2.45) is 0 Å². The highest BCUT2D eigenvalue weighted by atomic mass is 33.1. The number of carboxylic acid groups (broad SMARTS) is 3. The van der Waals surface area contributed by atoms with E-state index in [9.17, 15) is 40.7 Å². The van der Waals surface area contributed by atoms with Gasteiger partial charge in [0, 0.05) is 0 Å². The molecular weight excluding hydrogens is 454 g/mol. The standard InChI is InChI=1S/C15H4F6O6S2/c16-3-1-2(13(22)23)6(17)11(7(3)18)28-29-12-9(20)5(15(26)27)4(14(24)25)8(19)10(12)21/h1H,(H,22,23)(H,24,25)(H,26,27). The van der Waals surface area contributed by atoms with Gasteiger partial charge in [-0.25, -0.2) is 40.7 Å². The number of rotatable bonds is 6. The third kappa shape index (κ3) is 3.98. The highest BCUT2D eigenvalue weighted by Gasteiger charge is 2.33.